The summed E-state index contributed by atoms with van der Waals surface area (Å²) in [5.74, 6) is -2.27. The number of hydrogen-bond acceptors (Lipinski definition) is 3. The first-order valence-corrected chi connectivity index (χ1v) is 6.10. The SMILES string of the molecule is Cc1cc(C)c(CNC(=O)[C@H]2C[C@@H]2C(=O)O)c(=O)[nH]1. The first-order chi connectivity index (χ1) is 8.90. The standard InChI is InChI=1S/C13H16N2O4/c1-6-3-7(2)15-12(17)10(6)5-14-11(16)8-4-9(8)13(18)19/h3,8-9H,4-5H2,1-2H3,(H,14,16)(H,15,17)(H,18,19)/t8-,9-/m0/s1. The van der Waals surface area contributed by atoms with Crippen molar-refractivity contribution in [2.24, 2.45) is 11.8 Å². The number of aromatic amines is 1. The summed E-state index contributed by atoms with van der Waals surface area (Å²) in [7, 11) is 0. The number of carboxylic acids is 1. The molecule has 19 heavy (non-hydrogen) atoms. The number of aliphatic carboxylic acids is 1. The van der Waals surface area contributed by atoms with Crippen molar-refractivity contribution >= 4 is 11.9 Å². The van der Waals surface area contributed by atoms with E-state index in [9.17, 15) is 14.4 Å². The third-order valence-electron chi connectivity index (χ3n) is 3.38. The minimum atomic E-state index is -0.940. The molecular formula is C13H16N2O4. The van der Waals surface area contributed by atoms with Crippen molar-refractivity contribution in [1.82, 2.24) is 10.3 Å². The van der Waals surface area contributed by atoms with Crippen molar-refractivity contribution < 1.29 is 14.7 Å². The van der Waals surface area contributed by atoms with Crippen molar-refractivity contribution in [3.8, 4) is 0 Å². The number of amides is 1. The molecule has 1 saturated carbocycles. The van der Waals surface area contributed by atoms with E-state index >= 15 is 0 Å². The number of H-pyrrole nitrogens is 1. The quantitative estimate of drug-likeness (QED) is 0.729. The van der Waals surface area contributed by atoms with E-state index in [1.54, 1.807) is 13.8 Å². The summed E-state index contributed by atoms with van der Waals surface area (Å²) < 4.78 is 0. The van der Waals surface area contributed by atoms with Crippen LogP contribution in [0.25, 0.3) is 0 Å². The average Bonchev–Trinajstić information content (AvgIpc) is 3.06. The van der Waals surface area contributed by atoms with E-state index < -0.39 is 17.8 Å². The molecule has 0 spiro atoms. The van der Waals surface area contributed by atoms with Crippen LogP contribution in [-0.2, 0) is 16.1 Å². The largest absolute Gasteiger partial charge is 0.481 e. The molecule has 0 aromatic carbocycles. The van der Waals surface area contributed by atoms with Crippen LogP contribution in [0.2, 0.25) is 0 Å². The van der Waals surface area contributed by atoms with Gasteiger partial charge in [0.1, 0.15) is 0 Å². The molecule has 1 aliphatic carbocycles. The highest BCUT2D eigenvalue weighted by molar-refractivity contribution is 5.89. The number of nitrogens with one attached hydrogen (secondary N) is 2. The number of carbonyl (C=O) groups is 2. The second kappa shape index (κ2) is 4.87. The van der Waals surface area contributed by atoms with Gasteiger partial charge in [-0.3, -0.25) is 14.4 Å². The second-order valence-corrected chi connectivity index (χ2v) is 4.95. The molecule has 0 unspecified atom stereocenters. The highest BCUT2D eigenvalue weighted by Crippen LogP contribution is 2.38. The van der Waals surface area contributed by atoms with Crippen molar-refractivity contribution in [1.29, 1.82) is 0 Å². The normalized spacial score (nSPS) is 20.9. The molecule has 0 saturated heterocycles. The number of hydrogen-bond donors (Lipinski definition) is 3. The predicted molar refractivity (Wildman–Crippen MR) is 67.6 cm³/mol. The highest BCUT2D eigenvalue weighted by atomic mass is 16.4. The molecule has 0 radical (unpaired) electrons. The van der Waals surface area contributed by atoms with Gasteiger partial charge in [0.25, 0.3) is 5.56 Å². The van der Waals surface area contributed by atoms with Gasteiger partial charge in [-0.2, -0.15) is 0 Å². The fourth-order valence-corrected chi connectivity index (χ4v) is 2.17. The van der Waals surface area contributed by atoms with Gasteiger partial charge in [-0.25, -0.2) is 0 Å². The maximum absolute atomic E-state index is 11.7. The number of rotatable bonds is 4. The van der Waals surface area contributed by atoms with Crippen molar-refractivity contribution in [2.75, 3.05) is 0 Å². The van der Waals surface area contributed by atoms with Gasteiger partial charge in [0.05, 0.1) is 11.8 Å². The Hall–Kier alpha value is -2.11. The van der Waals surface area contributed by atoms with Crippen molar-refractivity contribution in [2.45, 2.75) is 26.8 Å². The molecule has 3 N–H and O–H groups in total. The molecule has 1 aromatic heterocycles. The highest BCUT2D eigenvalue weighted by Gasteiger charge is 2.48. The van der Waals surface area contributed by atoms with Gasteiger partial charge in [-0.1, -0.05) is 0 Å². The summed E-state index contributed by atoms with van der Waals surface area (Å²) in [6.07, 6.45) is 0.379. The summed E-state index contributed by atoms with van der Waals surface area (Å²) in [6.45, 7) is 3.72. The van der Waals surface area contributed by atoms with E-state index in [1.807, 2.05) is 6.07 Å². The van der Waals surface area contributed by atoms with Crippen LogP contribution in [0.15, 0.2) is 10.9 Å². The predicted octanol–water partition coefficient (Wildman–Crippen LogP) is 0.329. The summed E-state index contributed by atoms with van der Waals surface area (Å²) in [4.78, 5) is 36.8. The Balaban J connectivity index is 1.99. The van der Waals surface area contributed by atoms with Gasteiger partial charge >= 0.3 is 5.97 Å². The molecule has 1 aromatic rings. The van der Waals surface area contributed by atoms with E-state index in [2.05, 4.69) is 10.3 Å². The zero-order valence-corrected chi connectivity index (χ0v) is 10.8. The average molecular weight is 264 g/mol. The van der Waals surface area contributed by atoms with Crippen LogP contribution in [0.4, 0.5) is 0 Å². The van der Waals surface area contributed by atoms with Crippen LogP contribution >= 0.6 is 0 Å². The fourth-order valence-electron chi connectivity index (χ4n) is 2.17. The third-order valence-corrected chi connectivity index (χ3v) is 3.38. The smallest absolute Gasteiger partial charge is 0.307 e. The van der Waals surface area contributed by atoms with E-state index in [1.165, 1.54) is 0 Å². The Morgan fingerprint density at radius 2 is 2.11 bits per heavy atom. The topological polar surface area (TPSA) is 99.3 Å². The van der Waals surface area contributed by atoms with Crippen LogP contribution < -0.4 is 10.9 Å². The van der Waals surface area contributed by atoms with Crippen LogP contribution in [0, 0.1) is 25.7 Å². The minimum absolute atomic E-state index is 0.128. The first kappa shape index (κ1) is 13.3. The summed E-state index contributed by atoms with van der Waals surface area (Å²) in [5, 5.41) is 11.4. The molecule has 6 heteroatoms. The lowest BCUT2D eigenvalue weighted by Gasteiger charge is -2.07. The molecule has 0 aliphatic heterocycles. The zero-order valence-electron chi connectivity index (χ0n) is 10.8. The molecule has 2 rings (SSSR count). The number of aryl methyl sites for hydroxylation is 2. The molecular weight excluding hydrogens is 248 g/mol. The van der Waals surface area contributed by atoms with E-state index in [0.717, 1.165) is 11.3 Å². The zero-order chi connectivity index (χ0) is 14.2. The van der Waals surface area contributed by atoms with Crippen LogP contribution in [0.3, 0.4) is 0 Å². The Morgan fingerprint density at radius 3 is 2.63 bits per heavy atom. The lowest BCUT2D eigenvalue weighted by Crippen LogP contribution is -2.29. The molecule has 2 atom stereocenters. The number of aromatic nitrogens is 1. The number of carbonyl (C=O) groups excluding carboxylic acids is 1. The molecule has 0 bridgehead atoms. The van der Waals surface area contributed by atoms with Gasteiger partial charge in [-0.15, -0.1) is 0 Å². The van der Waals surface area contributed by atoms with E-state index in [4.69, 9.17) is 5.11 Å². The minimum Gasteiger partial charge on any atom is -0.481 e. The molecule has 102 valence electrons. The summed E-state index contributed by atoms with van der Waals surface area (Å²) in [6, 6.07) is 1.83. The van der Waals surface area contributed by atoms with E-state index in [-0.39, 0.29) is 18.0 Å². The summed E-state index contributed by atoms with van der Waals surface area (Å²) in [5.41, 5.74) is 1.87. The number of pyridine rings is 1. The van der Waals surface area contributed by atoms with Crippen molar-refractivity contribution in [3.05, 3.63) is 33.2 Å². The second-order valence-electron chi connectivity index (χ2n) is 4.95. The van der Waals surface area contributed by atoms with Gasteiger partial charge in [0.2, 0.25) is 5.91 Å². The maximum atomic E-state index is 11.7. The van der Waals surface area contributed by atoms with Gasteiger partial charge < -0.3 is 15.4 Å². The van der Waals surface area contributed by atoms with Crippen LogP contribution in [0.5, 0.6) is 0 Å². The monoisotopic (exact) mass is 264 g/mol. The molecule has 1 heterocycles. The molecule has 6 nitrogen and oxygen atoms in total. The van der Waals surface area contributed by atoms with Gasteiger partial charge in [0.15, 0.2) is 0 Å². The van der Waals surface area contributed by atoms with Gasteiger partial charge in [-0.05, 0) is 31.9 Å². The van der Waals surface area contributed by atoms with E-state index in [0.29, 0.717) is 12.0 Å². The lowest BCUT2D eigenvalue weighted by molar-refractivity contribution is -0.140. The molecule has 1 aliphatic rings. The lowest BCUT2D eigenvalue weighted by atomic mass is 10.1. The first-order valence-electron chi connectivity index (χ1n) is 6.10. The third kappa shape index (κ3) is 2.83. The molecule has 1 amide bonds. The number of carboxylic acid groups (broad SMARTS) is 1. The fraction of sp³-hybridized carbons (Fsp3) is 0.462. The van der Waals surface area contributed by atoms with Crippen LogP contribution in [0.1, 0.15) is 23.2 Å². The van der Waals surface area contributed by atoms with Crippen molar-refractivity contribution in [3.63, 3.8) is 0 Å². The Morgan fingerprint density at radius 1 is 1.42 bits per heavy atom. The maximum Gasteiger partial charge on any atom is 0.307 e. The Bertz CT molecular complexity index is 591. The summed E-state index contributed by atoms with van der Waals surface area (Å²) >= 11 is 0. The van der Waals surface area contributed by atoms with Gasteiger partial charge in [0, 0.05) is 17.8 Å². The molecule has 1 fully saturated rings. The van der Waals surface area contributed by atoms with Crippen LogP contribution in [-0.4, -0.2) is 22.0 Å². The Labute approximate surface area is 109 Å². The Kier molecular flexibility index (Phi) is 3.42.